The molecule has 1 heterocycles. The lowest BCUT2D eigenvalue weighted by Gasteiger charge is -2.18. The lowest BCUT2D eigenvalue weighted by atomic mass is 10.2. The van der Waals surface area contributed by atoms with Gasteiger partial charge in [-0.05, 0) is 13.8 Å². The average molecular weight is 263 g/mol. The number of thioether (sulfide) groups is 1. The van der Waals surface area contributed by atoms with E-state index in [9.17, 15) is 4.79 Å². The van der Waals surface area contributed by atoms with E-state index in [1.165, 1.54) is 13.3 Å². The van der Waals surface area contributed by atoms with E-state index in [2.05, 4.69) is 9.97 Å². The Morgan fingerprint density at radius 1 is 1.62 bits per heavy atom. The normalized spacial score (nSPS) is 11.2. The second-order valence-corrected chi connectivity index (χ2v) is 5.45. The third-order valence-corrected chi connectivity index (χ3v) is 3.32. The molecule has 0 bridgehead atoms. The van der Waals surface area contributed by atoms with Crippen LogP contribution in [0.3, 0.4) is 0 Å². The summed E-state index contributed by atoms with van der Waals surface area (Å²) in [6.45, 7) is 3.15. The first-order chi connectivity index (χ1) is 7.36. The van der Waals surface area contributed by atoms with E-state index in [1.54, 1.807) is 13.8 Å². The quantitative estimate of drug-likeness (QED) is 0.662. The highest BCUT2D eigenvalue weighted by Gasteiger charge is 2.30. The molecule has 0 saturated carbocycles. The van der Waals surface area contributed by atoms with Gasteiger partial charge in [0.05, 0.1) is 18.3 Å². The van der Waals surface area contributed by atoms with Crippen LogP contribution >= 0.6 is 23.4 Å². The van der Waals surface area contributed by atoms with Crippen molar-refractivity contribution in [2.45, 2.75) is 23.6 Å². The van der Waals surface area contributed by atoms with Crippen molar-refractivity contribution < 1.29 is 14.6 Å². The van der Waals surface area contributed by atoms with Crippen LogP contribution in [0.15, 0.2) is 11.2 Å². The van der Waals surface area contributed by atoms with Gasteiger partial charge in [-0.25, -0.2) is 4.98 Å². The van der Waals surface area contributed by atoms with Crippen molar-refractivity contribution in [1.82, 2.24) is 9.97 Å². The van der Waals surface area contributed by atoms with Crippen molar-refractivity contribution in [3.63, 3.8) is 0 Å². The highest BCUT2D eigenvalue weighted by atomic mass is 35.5. The molecule has 16 heavy (non-hydrogen) atoms. The van der Waals surface area contributed by atoms with Crippen LogP contribution < -0.4 is 4.74 Å². The second kappa shape index (κ2) is 4.88. The van der Waals surface area contributed by atoms with E-state index in [0.717, 1.165) is 11.8 Å². The van der Waals surface area contributed by atoms with Gasteiger partial charge in [-0.3, -0.25) is 4.79 Å². The molecular formula is C9H11ClN2O3S. The SMILES string of the molecule is COc1ncc(Cl)c(SC(C)(C)C(=O)O)n1. The largest absolute Gasteiger partial charge is 0.480 e. The minimum Gasteiger partial charge on any atom is -0.480 e. The number of halogens is 1. The number of carboxylic acid groups (broad SMARTS) is 1. The lowest BCUT2D eigenvalue weighted by molar-refractivity contribution is -0.138. The van der Waals surface area contributed by atoms with E-state index in [0.29, 0.717) is 10.0 Å². The van der Waals surface area contributed by atoms with Crippen LogP contribution in [0.5, 0.6) is 6.01 Å². The number of aromatic nitrogens is 2. The Hall–Kier alpha value is -1.01. The number of methoxy groups -OCH3 is 1. The molecule has 5 nitrogen and oxygen atoms in total. The number of aliphatic carboxylic acids is 1. The minimum absolute atomic E-state index is 0.160. The monoisotopic (exact) mass is 262 g/mol. The Balaban J connectivity index is 3.00. The number of hydrogen-bond acceptors (Lipinski definition) is 5. The summed E-state index contributed by atoms with van der Waals surface area (Å²) in [7, 11) is 1.43. The van der Waals surface area contributed by atoms with Crippen molar-refractivity contribution in [1.29, 1.82) is 0 Å². The van der Waals surface area contributed by atoms with Crippen LogP contribution in [-0.4, -0.2) is 32.9 Å². The first kappa shape index (κ1) is 13.1. The number of ether oxygens (including phenoxy) is 1. The summed E-state index contributed by atoms with van der Waals surface area (Å²) in [6.07, 6.45) is 1.38. The molecule has 0 aliphatic carbocycles. The minimum atomic E-state index is -1.01. The Morgan fingerprint density at radius 2 is 2.25 bits per heavy atom. The van der Waals surface area contributed by atoms with Crippen molar-refractivity contribution >= 4 is 29.3 Å². The maximum absolute atomic E-state index is 11.0. The van der Waals surface area contributed by atoms with Crippen molar-refractivity contribution in [2.75, 3.05) is 7.11 Å². The number of carboxylic acids is 1. The van der Waals surface area contributed by atoms with Gasteiger partial charge in [0.1, 0.15) is 9.77 Å². The Labute approximate surface area is 102 Å². The van der Waals surface area contributed by atoms with E-state index in [1.807, 2.05) is 0 Å². The molecule has 1 rings (SSSR count). The number of rotatable bonds is 4. The molecule has 1 aromatic rings. The molecule has 0 atom stereocenters. The van der Waals surface area contributed by atoms with Gasteiger partial charge in [0, 0.05) is 0 Å². The topological polar surface area (TPSA) is 72.3 Å². The van der Waals surface area contributed by atoms with Gasteiger partial charge in [0.2, 0.25) is 0 Å². The summed E-state index contributed by atoms with van der Waals surface area (Å²) in [5.74, 6) is -0.939. The maximum Gasteiger partial charge on any atom is 0.319 e. The Bertz CT molecular complexity index is 412. The van der Waals surface area contributed by atoms with E-state index < -0.39 is 10.7 Å². The van der Waals surface area contributed by atoms with Crippen LogP contribution in [0.2, 0.25) is 5.02 Å². The predicted molar refractivity (Wildman–Crippen MR) is 61.2 cm³/mol. The van der Waals surface area contributed by atoms with E-state index in [-0.39, 0.29) is 6.01 Å². The zero-order chi connectivity index (χ0) is 12.3. The molecule has 0 saturated heterocycles. The molecule has 0 aliphatic heterocycles. The van der Waals surface area contributed by atoms with Crippen LogP contribution in [-0.2, 0) is 4.79 Å². The molecule has 88 valence electrons. The second-order valence-electron chi connectivity index (χ2n) is 3.43. The van der Waals surface area contributed by atoms with Crippen LogP contribution in [0.4, 0.5) is 0 Å². The van der Waals surface area contributed by atoms with Crippen molar-refractivity contribution in [3.8, 4) is 6.01 Å². The van der Waals surface area contributed by atoms with Gasteiger partial charge in [-0.1, -0.05) is 23.4 Å². The number of nitrogens with zero attached hydrogens (tertiary/aromatic N) is 2. The first-order valence-corrected chi connectivity index (χ1v) is 5.55. The third-order valence-electron chi connectivity index (χ3n) is 1.74. The number of carbonyl (C=O) groups is 1. The molecule has 0 radical (unpaired) electrons. The van der Waals surface area contributed by atoms with Gasteiger partial charge in [-0.2, -0.15) is 4.98 Å². The maximum atomic E-state index is 11.0. The molecular weight excluding hydrogens is 252 g/mol. The Kier molecular flexibility index (Phi) is 3.98. The van der Waals surface area contributed by atoms with Crippen molar-refractivity contribution in [2.24, 2.45) is 0 Å². The zero-order valence-electron chi connectivity index (χ0n) is 9.02. The fourth-order valence-electron chi connectivity index (χ4n) is 0.792. The summed E-state index contributed by atoms with van der Waals surface area (Å²) < 4.78 is 3.83. The third kappa shape index (κ3) is 2.99. The molecule has 0 fully saturated rings. The van der Waals surface area contributed by atoms with Crippen molar-refractivity contribution in [3.05, 3.63) is 11.2 Å². The summed E-state index contributed by atoms with van der Waals surface area (Å²) in [6, 6.07) is 0.160. The highest BCUT2D eigenvalue weighted by molar-refractivity contribution is 8.01. The van der Waals surface area contributed by atoms with Gasteiger partial charge < -0.3 is 9.84 Å². The van der Waals surface area contributed by atoms with E-state index >= 15 is 0 Å². The summed E-state index contributed by atoms with van der Waals surface area (Å²) in [5.41, 5.74) is 0. The molecule has 0 aromatic carbocycles. The first-order valence-electron chi connectivity index (χ1n) is 4.36. The fourth-order valence-corrected chi connectivity index (χ4v) is 1.84. The molecule has 0 spiro atoms. The van der Waals surface area contributed by atoms with Crippen LogP contribution in [0.25, 0.3) is 0 Å². The molecule has 0 unspecified atom stereocenters. The molecule has 7 heteroatoms. The lowest BCUT2D eigenvalue weighted by Crippen LogP contribution is -2.27. The van der Waals surface area contributed by atoms with Crippen LogP contribution in [0, 0.1) is 0 Å². The zero-order valence-corrected chi connectivity index (χ0v) is 10.6. The van der Waals surface area contributed by atoms with E-state index in [4.69, 9.17) is 21.4 Å². The van der Waals surface area contributed by atoms with Gasteiger partial charge in [-0.15, -0.1) is 0 Å². The molecule has 0 aliphatic rings. The Morgan fingerprint density at radius 3 is 2.75 bits per heavy atom. The standard InChI is InChI=1S/C9H11ClN2O3S/c1-9(2,7(13)14)16-6-5(10)4-11-8(12-6)15-3/h4H,1-3H3,(H,13,14). The highest BCUT2D eigenvalue weighted by Crippen LogP contribution is 2.35. The smallest absolute Gasteiger partial charge is 0.319 e. The summed E-state index contributed by atoms with van der Waals surface area (Å²) in [5, 5.41) is 9.68. The van der Waals surface area contributed by atoms with Gasteiger partial charge in [0.25, 0.3) is 0 Å². The summed E-state index contributed by atoms with van der Waals surface area (Å²) >= 11 is 6.92. The molecule has 0 amide bonds. The molecule has 1 aromatic heterocycles. The summed E-state index contributed by atoms with van der Waals surface area (Å²) in [4.78, 5) is 18.8. The fraction of sp³-hybridized carbons (Fsp3) is 0.444. The number of hydrogen-bond donors (Lipinski definition) is 1. The average Bonchev–Trinajstić information content (AvgIpc) is 2.21. The predicted octanol–water partition coefficient (Wildman–Crippen LogP) is 2.09. The van der Waals surface area contributed by atoms with Gasteiger partial charge >= 0.3 is 12.0 Å². The van der Waals surface area contributed by atoms with Crippen LogP contribution in [0.1, 0.15) is 13.8 Å². The molecule has 1 N–H and O–H groups in total. The van der Waals surface area contributed by atoms with Gasteiger partial charge in [0.15, 0.2) is 0 Å².